The van der Waals surface area contributed by atoms with Crippen LogP contribution in [-0.4, -0.2) is 39.6 Å². The average Bonchev–Trinajstić information content (AvgIpc) is 3.04. The minimum Gasteiger partial charge on any atom is -0.454 e. The minimum absolute atomic E-state index is 0.00779. The number of nitrogens with zero attached hydrogens (tertiary/aromatic N) is 2. The number of rotatable bonds is 10. The molecule has 2 heterocycles. The molecule has 0 aromatic carbocycles. The number of aromatic amines is 2. The van der Waals surface area contributed by atoms with Crippen LogP contribution in [0.5, 0.6) is 0 Å². The molecule has 0 saturated carbocycles. The lowest BCUT2D eigenvalue weighted by molar-refractivity contribution is -0.411. The fourth-order valence-electron chi connectivity index (χ4n) is 1.93. The van der Waals surface area contributed by atoms with E-state index in [1.807, 2.05) is 13.8 Å². The molecule has 9 nitrogen and oxygen atoms in total. The molecule has 25 heavy (non-hydrogen) atoms. The lowest BCUT2D eigenvalue weighted by atomic mass is 10.3. The fourth-order valence-corrected chi connectivity index (χ4v) is 2.70. The van der Waals surface area contributed by atoms with Crippen LogP contribution in [0.3, 0.4) is 0 Å². The van der Waals surface area contributed by atoms with Crippen LogP contribution in [0.25, 0.3) is 11.2 Å². The molecule has 0 bridgehead atoms. The van der Waals surface area contributed by atoms with Crippen LogP contribution < -0.4 is 10.3 Å². The van der Waals surface area contributed by atoms with Crippen LogP contribution in [0.2, 0.25) is 0 Å². The van der Waals surface area contributed by atoms with Crippen LogP contribution in [0.1, 0.15) is 39.5 Å². The van der Waals surface area contributed by atoms with Crippen molar-refractivity contribution in [3.05, 3.63) is 6.33 Å². The maximum atomic E-state index is 11.4. The first-order valence-corrected chi connectivity index (χ1v) is 9.06. The molecule has 0 atom stereocenters. The highest BCUT2D eigenvalue weighted by molar-refractivity contribution is 7.99. The first-order chi connectivity index (χ1) is 12.1. The van der Waals surface area contributed by atoms with Gasteiger partial charge in [-0.3, -0.25) is 9.59 Å². The first kappa shape index (κ1) is 19.0. The van der Waals surface area contributed by atoms with Gasteiger partial charge < -0.3 is 14.5 Å². The summed E-state index contributed by atoms with van der Waals surface area (Å²) >= 11 is 1.31. The number of imidazole rings is 1. The monoisotopic (exact) mass is 368 g/mol. The molecule has 2 aromatic heterocycles. The number of carbonyl (C=O) groups is 2. The maximum absolute atomic E-state index is 11.4. The maximum Gasteiger partial charge on any atom is 0.395 e. The van der Waals surface area contributed by atoms with Gasteiger partial charge in [0.25, 0.3) is 5.65 Å². The Morgan fingerprint density at radius 3 is 2.68 bits per heavy atom. The Bertz CT molecular complexity index is 721. The van der Waals surface area contributed by atoms with Crippen molar-refractivity contribution in [3.63, 3.8) is 0 Å². The van der Waals surface area contributed by atoms with Crippen LogP contribution in [0, 0.1) is 0 Å². The topological polar surface area (TPSA) is 120 Å². The smallest absolute Gasteiger partial charge is 0.395 e. The molecule has 10 heteroatoms. The van der Waals surface area contributed by atoms with E-state index in [0.717, 1.165) is 12.8 Å². The van der Waals surface area contributed by atoms with Crippen molar-refractivity contribution in [1.82, 2.24) is 15.0 Å². The van der Waals surface area contributed by atoms with Crippen molar-refractivity contribution < 1.29 is 24.0 Å². The summed E-state index contributed by atoms with van der Waals surface area (Å²) in [5.41, 5.74) is 1.22. The second-order valence-corrected chi connectivity index (χ2v) is 6.06. The molecule has 0 aliphatic carbocycles. The SMILES string of the molecule is CCCC(=O)OCNc1nc2nc[nH]c2c(SCOC(=O)CCC)[nH+]1. The largest absolute Gasteiger partial charge is 0.454 e. The van der Waals surface area contributed by atoms with Gasteiger partial charge in [0, 0.05) is 12.8 Å². The van der Waals surface area contributed by atoms with E-state index in [9.17, 15) is 9.59 Å². The zero-order valence-electron chi connectivity index (χ0n) is 14.3. The van der Waals surface area contributed by atoms with Crippen molar-refractivity contribution in [2.24, 2.45) is 0 Å². The lowest BCUT2D eigenvalue weighted by Gasteiger charge is -2.05. The summed E-state index contributed by atoms with van der Waals surface area (Å²) in [6.07, 6.45) is 3.79. The third kappa shape index (κ3) is 5.89. The molecule has 0 fully saturated rings. The highest BCUT2D eigenvalue weighted by Crippen LogP contribution is 2.21. The van der Waals surface area contributed by atoms with Gasteiger partial charge >= 0.3 is 17.9 Å². The summed E-state index contributed by atoms with van der Waals surface area (Å²) in [7, 11) is 0. The molecule has 0 unspecified atom stereocenters. The normalized spacial score (nSPS) is 10.6. The van der Waals surface area contributed by atoms with Gasteiger partial charge in [-0.25, -0.2) is 15.3 Å². The number of ether oxygens (including phenoxy) is 2. The van der Waals surface area contributed by atoms with Gasteiger partial charge in [0.2, 0.25) is 6.73 Å². The van der Waals surface area contributed by atoms with Crippen LogP contribution in [0.15, 0.2) is 11.4 Å². The number of hydrogen-bond donors (Lipinski definition) is 2. The number of carbonyl (C=O) groups excluding carboxylic acids is 2. The highest BCUT2D eigenvalue weighted by Gasteiger charge is 2.17. The lowest BCUT2D eigenvalue weighted by Crippen LogP contribution is -2.21. The van der Waals surface area contributed by atoms with Gasteiger partial charge in [0.15, 0.2) is 5.03 Å². The van der Waals surface area contributed by atoms with E-state index < -0.39 is 0 Å². The molecule has 3 N–H and O–H groups in total. The van der Waals surface area contributed by atoms with E-state index in [4.69, 9.17) is 9.47 Å². The van der Waals surface area contributed by atoms with Crippen LogP contribution >= 0.6 is 11.8 Å². The number of H-pyrrole nitrogens is 2. The quantitative estimate of drug-likeness (QED) is 0.282. The molecule has 136 valence electrons. The molecule has 0 spiro atoms. The Kier molecular flexibility index (Phi) is 7.45. The Hall–Kier alpha value is -2.36. The zero-order chi connectivity index (χ0) is 18.1. The average molecular weight is 368 g/mol. The van der Waals surface area contributed by atoms with Gasteiger partial charge in [-0.1, -0.05) is 13.8 Å². The zero-order valence-corrected chi connectivity index (χ0v) is 15.1. The summed E-state index contributed by atoms with van der Waals surface area (Å²) in [6.45, 7) is 3.84. The molecular formula is C15H22N5O4S+. The predicted octanol–water partition coefficient (Wildman–Crippen LogP) is 1.88. The number of anilines is 1. The molecule has 0 saturated heterocycles. The minimum atomic E-state index is -0.270. The number of thioether (sulfide) groups is 1. The van der Waals surface area contributed by atoms with Gasteiger partial charge in [-0.05, 0) is 29.6 Å². The molecule has 2 rings (SSSR count). The Labute approximate surface area is 149 Å². The summed E-state index contributed by atoms with van der Waals surface area (Å²) in [5.74, 6) is 0.0870. The number of fused-ring (bicyclic) bond motifs is 1. The summed E-state index contributed by atoms with van der Waals surface area (Å²) < 4.78 is 10.2. The summed E-state index contributed by atoms with van der Waals surface area (Å²) in [6, 6.07) is 0. The van der Waals surface area contributed by atoms with Crippen molar-refractivity contribution >= 4 is 40.8 Å². The predicted molar refractivity (Wildman–Crippen MR) is 91.7 cm³/mol. The second kappa shape index (κ2) is 9.82. The van der Waals surface area contributed by atoms with Crippen molar-refractivity contribution in [2.75, 3.05) is 18.0 Å². The third-order valence-electron chi connectivity index (χ3n) is 3.10. The van der Waals surface area contributed by atoms with E-state index in [1.165, 1.54) is 18.1 Å². The number of esters is 2. The molecular weight excluding hydrogens is 346 g/mol. The Balaban J connectivity index is 1.97. The summed E-state index contributed by atoms with van der Waals surface area (Å²) in [4.78, 5) is 37.3. The Morgan fingerprint density at radius 1 is 1.24 bits per heavy atom. The second-order valence-electron chi connectivity index (χ2n) is 5.13. The van der Waals surface area contributed by atoms with Crippen LogP contribution in [-0.2, 0) is 19.1 Å². The molecule has 0 amide bonds. The Morgan fingerprint density at radius 2 is 1.96 bits per heavy atom. The third-order valence-corrected chi connectivity index (χ3v) is 3.93. The van der Waals surface area contributed by atoms with E-state index >= 15 is 0 Å². The van der Waals surface area contributed by atoms with Gasteiger partial charge in [-0.15, -0.1) is 0 Å². The van der Waals surface area contributed by atoms with E-state index in [1.54, 1.807) is 0 Å². The van der Waals surface area contributed by atoms with Crippen LogP contribution in [0.4, 0.5) is 5.95 Å². The van der Waals surface area contributed by atoms with Crippen molar-refractivity contribution in [3.8, 4) is 0 Å². The summed E-state index contributed by atoms with van der Waals surface area (Å²) in [5, 5.41) is 3.61. The number of aromatic nitrogens is 4. The van der Waals surface area contributed by atoms with Crippen molar-refractivity contribution in [1.29, 1.82) is 0 Å². The highest BCUT2D eigenvalue weighted by atomic mass is 32.2. The fraction of sp³-hybridized carbons (Fsp3) is 0.533. The number of hydrogen-bond acceptors (Lipinski definition) is 8. The first-order valence-electron chi connectivity index (χ1n) is 8.08. The van der Waals surface area contributed by atoms with Gasteiger partial charge in [-0.2, -0.15) is 0 Å². The standard InChI is InChI=1S/C15H21N5O4S/c1-3-5-10(21)23-8-18-15-19-13-12(16-7-17-13)14(20-15)25-9-24-11(22)6-4-2/h7H,3-6,8-9H2,1-2H3,(H2,16,17,18,19,20)/p+1. The molecule has 0 radical (unpaired) electrons. The van der Waals surface area contributed by atoms with Crippen molar-refractivity contribution in [2.45, 2.75) is 44.6 Å². The molecule has 2 aromatic rings. The van der Waals surface area contributed by atoms with E-state index in [2.05, 4.69) is 25.3 Å². The van der Waals surface area contributed by atoms with Gasteiger partial charge in [0.1, 0.15) is 11.5 Å². The van der Waals surface area contributed by atoms with E-state index in [-0.39, 0.29) is 24.6 Å². The molecule has 0 aliphatic heterocycles. The van der Waals surface area contributed by atoms with Gasteiger partial charge in [0.05, 0.1) is 6.33 Å². The molecule has 0 aliphatic rings. The number of nitrogens with one attached hydrogen (secondary N) is 3. The van der Waals surface area contributed by atoms with E-state index in [0.29, 0.717) is 35.0 Å².